The predicted molar refractivity (Wildman–Crippen MR) is 72.6 cm³/mol. The van der Waals surface area contributed by atoms with Crippen LogP contribution in [0.2, 0.25) is 0 Å². The summed E-state index contributed by atoms with van der Waals surface area (Å²) in [6.45, 7) is 8.41. The number of hydrogen-bond acceptors (Lipinski definition) is 1. The van der Waals surface area contributed by atoms with Crippen LogP contribution in [0.3, 0.4) is 0 Å². The molecule has 16 heavy (non-hydrogen) atoms. The lowest BCUT2D eigenvalue weighted by atomic mass is 10.0. The monoisotopic (exact) mass is 217 g/mol. The Balaban J connectivity index is 0.000000606. The normalized spacial score (nSPS) is 16.1. The van der Waals surface area contributed by atoms with Gasteiger partial charge in [0.1, 0.15) is 0 Å². The van der Waals surface area contributed by atoms with Gasteiger partial charge in [-0.1, -0.05) is 49.8 Å². The van der Waals surface area contributed by atoms with Crippen molar-refractivity contribution >= 4 is 5.57 Å². The Morgan fingerprint density at radius 3 is 2.25 bits per heavy atom. The maximum atomic E-state index is 2.37. The largest absolute Gasteiger partial charge is 0.302 e. The molecule has 0 N–H and O–H groups in total. The highest BCUT2D eigenvalue weighted by atomic mass is 15.1. The molecule has 1 aliphatic rings. The molecule has 0 aliphatic carbocycles. The van der Waals surface area contributed by atoms with Crippen molar-refractivity contribution in [2.75, 3.05) is 20.1 Å². The van der Waals surface area contributed by atoms with E-state index in [-0.39, 0.29) is 0 Å². The zero-order chi connectivity index (χ0) is 12.0. The van der Waals surface area contributed by atoms with Gasteiger partial charge >= 0.3 is 0 Å². The lowest BCUT2D eigenvalue weighted by Gasteiger charge is -2.23. The third kappa shape index (κ3) is 3.49. The van der Waals surface area contributed by atoms with E-state index in [1.54, 1.807) is 0 Å². The molecule has 0 saturated heterocycles. The van der Waals surface area contributed by atoms with Gasteiger partial charge in [-0.15, -0.1) is 0 Å². The molecule has 0 atom stereocenters. The van der Waals surface area contributed by atoms with Crippen molar-refractivity contribution < 1.29 is 0 Å². The Labute approximate surface area is 99.8 Å². The Morgan fingerprint density at radius 2 is 1.69 bits per heavy atom. The first kappa shape index (κ1) is 13.0. The number of nitrogens with zero attached hydrogens (tertiary/aromatic N) is 1. The topological polar surface area (TPSA) is 3.24 Å². The first-order valence-corrected chi connectivity index (χ1v) is 6.20. The molecule has 1 aromatic rings. The number of aryl methyl sites for hydroxylation is 1. The third-order valence-electron chi connectivity index (χ3n) is 2.76. The summed E-state index contributed by atoms with van der Waals surface area (Å²) in [5, 5.41) is 0. The van der Waals surface area contributed by atoms with Crippen LogP contribution in [-0.4, -0.2) is 25.0 Å². The minimum absolute atomic E-state index is 1.09. The third-order valence-corrected chi connectivity index (χ3v) is 2.76. The summed E-state index contributed by atoms with van der Waals surface area (Å²) < 4.78 is 0. The molecule has 0 radical (unpaired) electrons. The highest BCUT2D eigenvalue weighted by Gasteiger charge is 2.09. The standard InChI is InChI=1S/C13H17N.C2H6/c1-11-5-7-12(8-6-11)13-4-3-9-14(2)10-13;1-2/h4-8H,3,9-10H2,1-2H3;1-2H3. The Bertz CT molecular complexity index is 335. The fraction of sp³-hybridized carbons (Fsp3) is 0.467. The Hall–Kier alpha value is -1.08. The summed E-state index contributed by atoms with van der Waals surface area (Å²) in [6, 6.07) is 8.82. The molecular weight excluding hydrogens is 194 g/mol. The van der Waals surface area contributed by atoms with Gasteiger partial charge in [-0.05, 0) is 31.5 Å². The maximum Gasteiger partial charge on any atom is 0.0233 e. The smallest absolute Gasteiger partial charge is 0.0233 e. The van der Waals surface area contributed by atoms with Gasteiger partial charge in [0, 0.05) is 13.1 Å². The number of rotatable bonds is 1. The van der Waals surface area contributed by atoms with E-state index in [2.05, 4.69) is 49.2 Å². The van der Waals surface area contributed by atoms with Crippen molar-refractivity contribution in [3.63, 3.8) is 0 Å². The summed E-state index contributed by atoms with van der Waals surface area (Å²) in [5.74, 6) is 0. The molecule has 0 fully saturated rings. The van der Waals surface area contributed by atoms with E-state index < -0.39 is 0 Å². The fourth-order valence-electron chi connectivity index (χ4n) is 1.87. The van der Waals surface area contributed by atoms with Gasteiger partial charge in [-0.3, -0.25) is 0 Å². The van der Waals surface area contributed by atoms with E-state index in [0.29, 0.717) is 0 Å². The molecule has 0 aromatic heterocycles. The van der Waals surface area contributed by atoms with Gasteiger partial charge in [0.25, 0.3) is 0 Å². The molecule has 0 bridgehead atoms. The van der Waals surface area contributed by atoms with Gasteiger partial charge in [0.2, 0.25) is 0 Å². The van der Waals surface area contributed by atoms with E-state index in [1.807, 2.05) is 13.8 Å². The summed E-state index contributed by atoms with van der Waals surface area (Å²) in [7, 11) is 2.18. The summed E-state index contributed by atoms with van der Waals surface area (Å²) >= 11 is 0. The van der Waals surface area contributed by atoms with Gasteiger partial charge in [0.05, 0.1) is 0 Å². The minimum atomic E-state index is 1.09. The second kappa shape index (κ2) is 6.49. The number of benzene rings is 1. The second-order valence-corrected chi connectivity index (χ2v) is 4.12. The van der Waals surface area contributed by atoms with Crippen molar-refractivity contribution in [1.29, 1.82) is 0 Å². The quantitative estimate of drug-likeness (QED) is 0.692. The van der Waals surface area contributed by atoms with Crippen LogP contribution in [0, 0.1) is 6.92 Å². The molecule has 1 aromatic carbocycles. The van der Waals surface area contributed by atoms with Crippen molar-refractivity contribution in [2.45, 2.75) is 27.2 Å². The van der Waals surface area contributed by atoms with Crippen molar-refractivity contribution in [2.24, 2.45) is 0 Å². The van der Waals surface area contributed by atoms with Crippen LogP contribution < -0.4 is 0 Å². The number of likely N-dealkylation sites (N-methyl/N-ethyl adjacent to an activating group) is 1. The van der Waals surface area contributed by atoms with Gasteiger partial charge in [-0.2, -0.15) is 0 Å². The van der Waals surface area contributed by atoms with Gasteiger partial charge < -0.3 is 4.90 Å². The van der Waals surface area contributed by atoms with Crippen molar-refractivity contribution in [3.05, 3.63) is 41.5 Å². The van der Waals surface area contributed by atoms with E-state index in [4.69, 9.17) is 0 Å². The van der Waals surface area contributed by atoms with E-state index in [0.717, 1.165) is 6.54 Å². The van der Waals surface area contributed by atoms with Crippen LogP contribution in [0.25, 0.3) is 5.57 Å². The highest BCUT2D eigenvalue weighted by molar-refractivity contribution is 5.67. The fourth-order valence-corrected chi connectivity index (χ4v) is 1.87. The molecule has 1 heterocycles. The lowest BCUT2D eigenvalue weighted by molar-refractivity contribution is 0.373. The Kier molecular flexibility index (Phi) is 5.27. The average molecular weight is 217 g/mol. The molecule has 0 unspecified atom stereocenters. The van der Waals surface area contributed by atoms with Crippen molar-refractivity contribution in [3.8, 4) is 0 Å². The molecule has 1 nitrogen and oxygen atoms in total. The van der Waals surface area contributed by atoms with Crippen LogP contribution in [0.1, 0.15) is 31.4 Å². The predicted octanol–water partition coefficient (Wildman–Crippen LogP) is 3.74. The van der Waals surface area contributed by atoms with Crippen LogP contribution in [0.15, 0.2) is 30.3 Å². The highest BCUT2D eigenvalue weighted by Crippen LogP contribution is 2.19. The maximum absolute atomic E-state index is 2.37. The van der Waals surface area contributed by atoms with E-state index in [9.17, 15) is 0 Å². The summed E-state index contributed by atoms with van der Waals surface area (Å²) in [4.78, 5) is 2.37. The molecule has 88 valence electrons. The number of hydrogen-bond donors (Lipinski definition) is 0. The SMILES string of the molecule is CC.Cc1ccc(C2=CCCN(C)C2)cc1. The molecule has 1 aliphatic heterocycles. The molecule has 2 rings (SSSR count). The van der Waals surface area contributed by atoms with Crippen LogP contribution >= 0.6 is 0 Å². The van der Waals surface area contributed by atoms with E-state index >= 15 is 0 Å². The second-order valence-electron chi connectivity index (χ2n) is 4.12. The molecular formula is C15H23N. The average Bonchev–Trinajstić information content (AvgIpc) is 2.32. The first-order valence-electron chi connectivity index (χ1n) is 6.20. The molecule has 0 spiro atoms. The van der Waals surface area contributed by atoms with Crippen LogP contribution in [0.4, 0.5) is 0 Å². The Morgan fingerprint density at radius 1 is 1.06 bits per heavy atom. The van der Waals surface area contributed by atoms with Gasteiger partial charge in [-0.25, -0.2) is 0 Å². The van der Waals surface area contributed by atoms with E-state index in [1.165, 1.54) is 29.7 Å². The summed E-state index contributed by atoms with van der Waals surface area (Å²) in [6.07, 6.45) is 3.55. The zero-order valence-electron chi connectivity index (χ0n) is 11.0. The zero-order valence-corrected chi connectivity index (χ0v) is 11.0. The summed E-state index contributed by atoms with van der Waals surface area (Å²) in [5.41, 5.74) is 4.18. The van der Waals surface area contributed by atoms with Gasteiger partial charge in [0.15, 0.2) is 0 Å². The molecule has 0 amide bonds. The van der Waals surface area contributed by atoms with Crippen molar-refractivity contribution in [1.82, 2.24) is 4.90 Å². The van der Waals surface area contributed by atoms with Crippen LogP contribution in [0.5, 0.6) is 0 Å². The minimum Gasteiger partial charge on any atom is -0.302 e. The molecule has 0 saturated carbocycles. The lowest BCUT2D eigenvalue weighted by Crippen LogP contribution is -2.24. The van der Waals surface area contributed by atoms with Crippen LogP contribution in [-0.2, 0) is 0 Å². The first-order chi connectivity index (χ1) is 7.75. The molecule has 1 heteroatoms.